The van der Waals surface area contributed by atoms with Crippen molar-refractivity contribution in [3.05, 3.63) is 35.4 Å². The summed E-state index contributed by atoms with van der Waals surface area (Å²) in [6.07, 6.45) is -5.84. The zero-order valence-electron chi connectivity index (χ0n) is 9.78. The highest BCUT2D eigenvalue weighted by molar-refractivity contribution is 5.96. The molecule has 19 heavy (non-hydrogen) atoms. The Balaban J connectivity index is 2.56. The Morgan fingerprint density at radius 1 is 1.37 bits per heavy atom. The van der Waals surface area contributed by atoms with Crippen LogP contribution in [0.25, 0.3) is 0 Å². The lowest BCUT2D eigenvalue weighted by Gasteiger charge is -2.35. The lowest BCUT2D eigenvalue weighted by atomic mass is 9.88. The number of hydrogen-bond acceptors (Lipinski definition) is 4. The van der Waals surface area contributed by atoms with Crippen molar-refractivity contribution in [3.8, 4) is 0 Å². The molecule has 0 fully saturated rings. The molecular formula is C12H9F3O4. The van der Waals surface area contributed by atoms with Gasteiger partial charge in [0.25, 0.3) is 0 Å². The summed E-state index contributed by atoms with van der Waals surface area (Å²) in [4.78, 5) is 23.1. The van der Waals surface area contributed by atoms with Crippen LogP contribution in [0.5, 0.6) is 0 Å². The minimum atomic E-state index is -5.05. The molecule has 4 nitrogen and oxygen atoms in total. The van der Waals surface area contributed by atoms with E-state index in [2.05, 4.69) is 9.47 Å². The number of fused-ring (bicyclic) bond motifs is 1. The van der Waals surface area contributed by atoms with Gasteiger partial charge in [-0.2, -0.15) is 13.2 Å². The third-order valence-electron chi connectivity index (χ3n) is 2.92. The topological polar surface area (TPSA) is 52.6 Å². The smallest absolute Gasteiger partial charge is 0.439 e. The molecule has 2 rings (SSSR count). The van der Waals surface area contributed by atoms with Crippen molar-refractivity contribution >= 4 is 11.9 Å². The average molecular weight is 274 g/mol. The number of halogens is 3. The molecule has 0 bridgehead atoms. The van der Waals surface area contributed by atoms with Crippen LogP contribution in [-0.4, -0.2) is 30.8 Å². The summed E-state index contributed by atoms with van der Waals surface area (Å²) in [7, 11) is 0.810. The number of cyclic esters (lactones) is 1. The van der Waals surface area contributed by atoms with Crippen LogP contribution >= 0.6 is 0 Å². The van der Waals surface area contributed by atoms with Crippen molar-refractivity contribution in [2.75, 3.05) is 7.11 Å². The molecule has 102 valence electrons. The fourth-order valence-corrected chi connectivity index (χ4v) is 1.94. The third-order valence-corrected chi connectivity index (χ3v) is 2.92. The van der Waals surface area contributed by atoms with Gasteiger partial charge < -0.3 is 9.47 Å². The van der Waals surface area contributed by atoms with Crippen LogP contribution in [0.4, 0.5) is 13.2 Å². The van der Waals surface area contributed by atoms with Gasteiger partial charge in [0.15, 0.2) is 0 Å². The zero-order valence-corrected chi connectivity index (χ0v) is 9.78. The first-order chi connectivity index (χ1) is 8.82. The Kier molecular flexibility index (Phi) is 3.00. The molecule has 0 radical (unpaired) electrons. The Morgan fingerprint density at radius 3 is 2.58 bits per heavy atom. The van der Waals surface area contributed by atoms with E-state index >= 15 is 0 Å². The summed E-state index contributed by atoms with van der Waals surface area (Å²) in [5.74, 6) is -2.83. The van der Waals surface area contributed by atoms with Crippen LogP contribution in [0.1, 0.15) is 15.9 Å². The SMILES string of the molecule is COC(=O)[C@@]1(C(F)(F)F)Cc2ccccc2C(=O)O1. The van der Waals surface area contributed by atoms with Crippen LogP contribution in [0, 0.1) is 0 Å². The van der Waals surface area contributed by atoms with Crippen LogP contribution in [0.3, 0.4) is 0 Å². The van der Waals surface area contributed by atoms with Gasteiger partial charge in [-0.3, -0.25) is 0 Å². The molecule has 1 aliphatic heterocycles. The third kappa shape index (κ3) is 1.94. The van der Waals surface area contributed by atoms with Crippen LogP contribution in [-0.2, 0) is 20.7 Å². The predicted octanol–water partition coefficient (Wildman–Crippen LogP) is 1.87. The van der Waals surface area contributed by atoms with Crippen LogP contribution in [0.2, 0.25) is 0 Å². The maximum absolute atomic E-state index is 13.1. The monoisotopic (exact) mass is 274 g/mol. The molecule has 0 spiro atoms. The molecule has 1 aromatic rings. The number of hydrogen-bond donors (Lipinski definition) is 0. The summed E-state index contributed by atoms with van der Waals surface area (Å²) >= 11 is 0. The normalized spacial score (nSPS) is 22.4. The van der Waals surface area contributed by atoms with Crippen molar-refractivity contribution in [2.24, 2.45) is 0 Å². The maximum atomic E-state index is 13.1. The largest absolute Gasteiger partial charge is 0.466 e. The second-order valence-corrected chi connectivity index (χ2v) is 4.04. The zero-order chi connectivity index (χ0) is 14.3. The van der Waals surface area contributed by atoms with E-state index in [1.807, 2.05) is 0 Å². The van der Waals surface area contributed by atoms with Gasteiger partial charge in [-0.1, -0.05) is 18.2 Å². The van der Waals surface area contributed by atoms with E-state index in [9.17, 15) is 22.8 Å². The molecular weight excluding hydrogens is 265 g/mol. The Hall–Kier alpha value is -2.05. The summed E-state index contributed by atoms with van der Waals surface area (Å²) in [6.45, 7) is 0. The molecule has 0 saturated carbocycles. The number of carbonyl (C=O) groups excluding carboxylic acids is 2. The second kappa shape index (κ2) is 4.25. The van der Waals surface area contributed by atoms with E-state index in [0.717, 1.165) is 7.11 Å². The van der Waals surface area contributed by atoms with E-state index in [1.165, 1.54) is 24.3 Å². The number of esters is 2. The van der Waals surface area contributed by atoms with E-state index in [4.69, 9.17) is 0 Å². The van der Waals surface area contributed by atoms with E-state index in [1.54, 1.807) is 0 Å². The fourth-order valence-electron chi connectivity index (χ4n) is 1.94. The standard InChI is InChI=1S/C12H9F3O4/c1-18-10(17)11(12(13,14)15)6-7-4-2-3-5-8(7)9(16)19-11/h2-5H,6H2,1H3/t11-/m1/s1. The highest BCUT2D eigenvalue weighted by atomic mass is 19.4. The second-order valence-electron chi connectivity index (χ2n) is 4.04. The molecule has 1 heterocycles. The van der Waals surface area contributed by atoms with E-state index < -0.39 is 30.1 Å². The van der Waals surface area contributed by atoms with Gasteiger partial charge in [0.1, 0.15) is 0 Å². The highest BCUT2D eigenvalue weighted by Crippen LogP contribution is 2.41. The molecule has 0 aromatic heterocycles. The number of alkyl halides is 3. The van der Waals surface area contributed by atoms with Gasteiger partial charge in [0.2, 0.25) is 0 Å². The Labute approximate surface area is 106 Å². The molecule has 1 atom stereocenters. The average Bonchev–Trinajstić information content (AvgIpc) is 2.36. The van der Waals surface area contributed by atoms with Crippen molar-refractivity contribution in [2.45, 2.75) is 18.2 Å². The first kappa shape index (κ1) is 13.4. The van der Waals surface area contributed by atoms with E-state index in [-0.39, 0.29) is 11.1 Å². The minimum Gasteiger partial charge on any atom is -0.466 e. The van der Waals surface area contributed by atoms with Crippen LogP contribution in [0.15, 0.2) is 24.3 Å². The molecule has 1 aliphatic rings. The highest BCUT2D eigenvalue weighted by Gasteiger charge is 2.66. The predicted molar refractivity (Wildman–Crippen MR) is 56.4 cm³/mol. The van der Waals surface area contributed by atoms with Gasteiger partial charge in [0.05, 0.1) is 12.7 Å². The summed E-state index contributed by atoms with van der Waals surface area (Å²) in [6, 6.07) is 5.67. The lowest BCUT2D eigenvalue weighted by Crippen LogP contribution is -2.59. The number of ether oxygens (including phenoxy) is 2. The Morgan fingerprint density at radius 2 is 2.00 bits per heavy atom. The van der Waals surface area contributed by atoms with Crippen molar-refractivity contribution in [1.29, 1.82) is 0 Å². The van der Waals surface area contributed by atoms with E-state index in [0.29, 0.717) is 0 Å². The molecule has 7 heteroatoms. The summed E-state index contributed by atoms with van der Waals surface area (Å²) in [5, 5.41) is 0. The fraction of sp³-hybridized carbons (Fsp3) is 0.333. The van der Waals surface area contributed by atoms with Crippen LogP contribution < -0.4 is 0 Å². The molecule has 0 saturated heterocycles. The molecule has 0 aliphatic carbocycles. The van der Waals surface area contributed by atoms with Gasteiger partial charge >= 0.3 is 23.7 Å². The molecule has 0 unspecified atom stereocenters. The number of carbonyl (C=O) groups is 2. The lowest BCUT2D eigenvalue weighted by molar-refractivity contribution is -0.262. The van der Waals surface area contributed by atoms with Gasteiger partial charge in [0, 0.05) is 6.42 Å². The van der Waals surface area contributed by atoms with Gasteiger partial charge in [-0.15, -0.1) is 0 Å². The van der Waals surface area contributed by atoms with Gasteiger partial charge in [-0.05, 0) is 11.6 Å². The summed E-state index contributed by atoms with van der Waals surface area (Å²) in [5.41, 5.74) is -3.15. The summed E-state index contributed by atoms with van der Waals surface area (Å²) < 4.78 is 47.9. The maximum Gasteiger partial charge on any atom is 0.439 e. The minimum absolute atomic E-state index is 0.0197. The quantitative estimate of drug-likeness (QED) is 0.734. The van der Waals surface area contributed by atoms with Crippen molar-refractivity contribution in [3.63, 3.8) is 0 Å². The van der Waals surface area contributed by atoms with Gasteiger partial charge in [-0.25, -0.2) is 9.59 Å². The van der Waals surface area contributed by atoms with Crippen molar-refractivity contribution in [1.82, 2.24) is 0 Å². The number of methoxy groups -OCH3 is 1. The van der Waals surface area contributed by atoms with Crippen molar-refractivity contribution < 1.29 is 32.2 Å². The molecule has 0 N–H and O–H groups in total. The Bertz CT molecular complexity index is 538. The number of rotatable bonds is 1. The molecule has 1 aromatic carbocycles. The first-order valence-electron chi connectivity index (χ1n) is 5.28. The molecule has 0 amide bonds. The first-order valence-corrected chi connectivity index (χ1v) is 5.28. The number of benzene rings is 1.